The van der Waals surface area contributed by atoms with Crippen LogP contribution >= 0.6 is 7.82 Å². The van der Waals surface area contributed by atoms with Gasteiger partial charge in [0.15, 0.2) is 6.10 Å². The topological polar surface area (TPSA) is 142 Å². The molecule has 0 radical (unpaired) electrons. The first-order chi connectivity index (χ1) is 29.1. The second-order valence-electron chi connectivity index (χ2n) is 17.3. The lowest BCUT2D eigenvalue weighted by Crippen LogP contribution is -2.29. The van der Waals surface area contributed by atoms with E-state index < -0.39 is 32.5 Å². The van der Waals surface area contributed by atoms with Gasteiger partial charge in [-0.2, -0.15) is 0 Å². The first-order valence-corrected chi connectivity index (χ1v) is 26.6. The van der Waals surface area contributed by atoms with Gasteiger partial charge in [-0.3, -0.25) is 23.4 Å². The Hall–Kier alpha value is -1.61. The number of rotatable bonds is 48. The van der Waals surface area contributed by atoms with Gasteiger partial charge in [0.25, 0.3) is 0 Å². The quantitative estimate of drug-likeness (QED) is 0.0356. The van der Waals surface area contributed by atoms with Crippen LogP contribution in [0.2, 0.25) is 0 Å². The molecule has 2 unspecified atom stereocenters. The standard InChI is InChI=1S/C49H93O10P/c1-4-6-8-10-12-14-16-18-20-22-24-26-28-30-32-34-38-48(52)56-43-47(44-58-60(54,55)57-42-36-37-46(51)41-40-45(3)50)59-49(53)39-35-33-31-29-27-25-23-21-19-17-15-13-11-9-7-5-2/h47H,4-44H2,1-3H3,(H,54,55). The summed E-state index contributed by atoms with van der Waals surface area (Å²) in [4.78, 5) is 58.5. The fourth-order valence-electron chi connectivity index (χ4n) is 7.36. The number of carbonyl (C=O) groups is 4. The highest BCUT2D eigenvalue weighted by Gasteiger charge is 2.26. The maximum absolute atomic E-state index is 12.7. The predicted octanol–water partition coefficient (Wildman–Crippen LogP) is 14.6. The summed E-state index contributed by atoms with van der Waals surface area (Å²) < 4.78 is 33.7. The SMILES string of the molecule is CCCCCCCCCCCCCCCCCCC(=O)OCC(COP(=O)(O)OCCCC(=O)CCC(C)=O)OC(=O)CCCCCCCCCCCCCCCCCC. The van der Waals surface area contributed by atoms with Crippen molar-refractivity contribution in [2.75, 3.05) is 19.8 Å². The number of unbranched alkanes of at least 4 members (excludes halogenated alkanes) is 30. The maximum atomic E-state index is 12.7. The van der Waals surface area contributed by atoms with Gasteiger partial charge in [0.2, 0.25) is 0 Å². The van der Waals surface area contributed by atoms with Gasteiger partial charge in [0.05, 0.1) is 13.2 Å². The van der Waals surface area contributed by atoms with E-state index in [4.69, 9.17) is 18.5 Å². The molecule has 0 aliphatic carbocycles. The van der Waals surface area contributed by atoms with Gasteiger partial charge in [-0.1, -0.05) is 206 Å². The van der Waals surface area contributed by atoms with Crippen LogP contribution in [0, 0.1) is 0 Å². The number of carbonyl (C=O) groups excluding carboxylic acids is 4. The van der Waals surface area contributed by atoms with E-state index in [1.54, 1.807) is 0 Å². The molecule has 354 valence electrons. The molecule has 0 bridgehead atoms. The Morgan fingerprint density at radius 3 is 1.18 bits per heavy atom. The molecule has 0 heterocycles. The van der Waals surface area contributed by atoms with E-state index in [-0.39, 0.29) is 63.3 Å². The number of hydrogen-bond donors (Lipinski definition) is 1. The number of phosphoric ester groups is 1. The highest BCUT2D eigenvalue weighted by atomic mass is 31.2. The molecular weight excluding hydrogens is 780 g/mol. The zero-order valence-corrected chi connectivity index (χ0v) is 40.0. The Labute approximate surface area is 368 Å². The fourth-order valence-corrected chi connectivity index (χ4v) is 8.15. The van der Waals surface area contributed by atoms with Crippen molar-refractivity contribution in [3.05, 3.63) is 0 Å². The van der Waals surface area contributed by atoms with E-state index in [9.17, 15) is 28.6 Å². The number of ether oxygens (including phenoxy) is 2. The highest BCUT2D eigenvalue weighted by molar-refractivity contribution is 7.47. The van der Waals surface area contributed by atoms with Crippen LogP contribution in [-0.4, -0.2) is 54.3 Å². The Bertz CT molecular complexity index is 1070. The first kappa shape index (κ1) is 58.4. The summed E-state index contributed by atoms with van der Waals surface area (Å²) in [6.07, 6.45) is 39.8. The van der Waals surface area contributed by atoms with Gasteiger partial charge in [-0.15, -0.1) is 0 Å². The van der Waals surface area contributed by atoms with Crippen molar-refractivity contribution in [2.45, 2.75) is 271 Å². The van der Waals surface area contributed by atoms with Crippen LogP contribution in [0.15, 0.2) is 0 Å². The summed E-state index contributed by atoms with van der Waals surface area (Å²) in [6.45, 7) is 4.97. The molecule has 0 saturated heterocycles. The van der Waals surface area contributed by atoms with Crippen LogP contribution in [-0.2, 0) is 42.3 Å². The lowest BCUT2D eigenvalue weighted by Gasteiger charge is -2.20. The number of phosphoric acid groups is 1. The Kier molecular flexibility index (Phi) is 42.8. The monoisotopic (exact) mass is 873 g/mol. The van der Waals surface area contributed by atoms with Crippen LogP contribution in [0.5, 0.6) is 0 Å². The average molecular weight is 873 g/mol. The summed E-state index contributed by atoms with van der Waals surface area (Å²) >= 11 is 0. The zero-order valence-electron chi connectivity index (χ0n) is 39.1. The minimum absolute atomic E-state index is 0.0703. The third-order valence-electron chi connectivity index (χ3n) is 11.2. The molecule has 0 aliphatic rings. The van der Waals surface area contributed by atoms with Gasteiger partial charge >= 0.3 is 19.8 Å². The molecule has 0 aromatic rings. The molecule has 0 fully saturated rings. The van der Waals surface area contributed by atoms with Crippen molar-refractivity contribution >= 4 is 31.3 Å². The molecule has 11 heteroatoms. The molecule has 0 amide bonds. The predicted molar refractivity (Wildman–Crippen MR) is 245 cm³/mol. The van der Waals surface area contributed by atoms with Gasteiger partial charge < -0.3 is 19.2 Å². The summed E-state index contributed by atoms with van der Waals surface area (Å²) in [5, 5.41) is 0. The molecule has 0 saturated carbocycles. The van der Waals surface area contributed by atoms with Crippen molar-refractivity contribution in [1.82, 2.24) is 0 Å². The van der Waals surface area contributed by atoms with E-state index in [1.165, 1.54) is 167 Å². The second kappa shape index (κ2) is 44.0. The van der Waals surface area contributed by atoms with Gasteiger partial charge in [-0.25, -0.2) is 4.57 Å². The van der Waals surface area contributed by atoms with Crippen molar-refractivity contribution in [2.24, 2.45) is 0 Å². The third kappa shape index (κ3) is 44.4. The smallest absolute Gasteiger partial charge is 0.462 e. The summed E-state index contributed by atoms with van der Waals surface area (Å²) in [6, 6.07) is 0. The minimum atomic E-state index is -4.53. The fraction of sp³-hybridized carbons (Fsp3) is 0.918. The molecular formula is C49H93O10P. The molecule has 0 rings (SSSR count). The molecule has 10 nitrogen and oxygen atoms in total. The highest BCUT2D eigenvalue weighted by Crippen LogP contribution is 2.43. The molecule has 1 N–H and O–H groups in total. The van der Waals surface area contributed by atoms with Crippen LogP contribution < -0.4 is 0 Å². The Morgan fingerprint density at radius 2 is 0.800 bits per heavy atom. The first-order valence-electron chi connectivity index (χ1n) is 25.1. The molecule has 0 aromatic heterocycles. The lowest BCUT2D eigenvalue weighted by atomic mass is 10.0. The van der Waals surface area contributed by atoms with E-state index in [0.717, 1.165) is 32.1 Å². The number of ketones is 2. The van der Waals surface area contributed by atoms with Crippen molar-refractivity contribution in [1.29, 1.82) is 0 Å². The molecule has 0 aromatic carbocycles. The third-order valence-corrected chi connectivity index (χ3v) is 12.2. The van der Waals surface area contributed by atoms with Crippen LogP contribution in [0.3, 0.4) is 0 Å². The Morgan fingerprint density at radius 1 is 0.433 bits per heavy atom. The van der Waals surface area contributed by atoms with E-state index in [1.807, 2.05) is 0 Å². The number of Topliss-reactive ketones (excluding diaryl/α,β-unsaturated/α-hetero) is 2. The zero-order chi connectivity index (χ0) is 44.2. The molecule has 60 heavy (non-hydrogen) atoms. The molecule has 0 spiro atoms. The largest absolute Gasteiger partial charge is 0.472 e. The van der Waals surface area contributed by atoms with Crippen molar-refractivity contribution < 1.29 is 47.2 Å². The normalized spacial score (nSPS) is 12.9. The molecule has 0 aliphatic heterocycles. The van der Waals surface area contributed by atoms with E-state index in [2.05, 4.69) is 13.8 Å². The van der Waals surface area contributed by atoms with E-state index >= 15 is 0 Å². The molecule has 2 atom stereocenters. The van der Waals surface area contributed by atoms with Crippen LogP contribution in [0.25, 0.3) is 0 Å². The van der Waals surface area contributed by atoms with Gasteiger partial charge in [0.1, 0.15) is 18.2 Å². The number of hydrogen-bond acceptors (Lipinski definition) is 9. The second-order valence-corrected chi connectivity index (χ2v) is 18.8. The minimum Gasteiger partial charge on any atom is -0.462 e. The van der Waals surface area contributed by atoms with Crippen LogP contribution in [0.4, 0.5) is 0 Å². The van der Waals surface area contributed by atoms with Crippen molar-refractivity contribution in [3.8, 4) is 0 Å². The summed E-state index contributed by atoms with van der Waals surface area (Å²) in [5.74, 6) is -1.07. The summed E-state index contributed by atoms with van der Waals surface area (Å²) in [7, 11) is -4.53. The average Bonchev–Trinajstić information content (AvgIpc) is 3.22. The van der Waals surface area contributed by atoms with Crippen molar-refractivity contribution in [3.63, 3.8) is 0 Å². The van der Waals surface area contributed by atoms with E-state index in [0.29, 0.717) is 12.8 Å². The number of esters is 2. The van der Waals surface area contributed by atoms with Gasteiger partial charge in [-0.05, 0) is 26.2 Å². The maximum Gasteiger partial charge on any atom is 0.472 e. The van der Waals surface area contributed by atoms with Gasteiger partial charge in [0, 0.05) is 32.1 Å². The lowest BCUT2D eigenvalue weighted by molar-refractivity contribution is -0.161. The van der Waals surface area contributed by atoms with Crippen LogP contribution in [0.1, 0.15) is 265 Å². The summed E-state index contributed by atoms with van der Waals surface area (Å²) in [5.41, 5.74) is 0. The Balaban J connectivity index is 4.41.